The molecule has 26 heavy (non-hydrogen) atoms. The van der Waals surface area contributed by atoms with Crippen LogP contribution in [0.2, 0.25) is 13.1 Å². The second-order valence-electron chi connectivity index (χ2n) is 7.62. The number of rotatable bonds is 0. The second kappa shape index (κ2) is 13.8. The quantitative estimate of drug-likeness (QED) is 0.340. The van der Waals surface area contributed by atoms with Gasteiger partial charge in [0.1, 0.15) is 0 Å². The first-order valence-electron chi connectivity index (χ1n) is 9.45. The predicted octanol–water partition coefficient (Wildman–Crippen LogP) is 0.247. The van der Waals surface area contributed by atoms with E-state index in [0.717, 1.165) is 30.1 Å². The summed E-state index contributed by atoms with van der Waals surface area (Å²) in [5.74, 6) is 3.56. The predicted molar refractivity (Wildman–Crippen MR) is 103 cm³/mol. The molecule has 2 saturated carbocycles. The summed E-state index contributed by atoms with van der Waals surface area (Å²) >= 11 is 1.74. The molecule has 4 atom stereocenters. The van der Waals surface area contributed by atoms with Crippen LogP contribution in [-0.2, 0) is 23.3 Å². The number of fused-ring (bicyclic) bond motifs is 3. The van der Waals surface area contributed by atoms with Crippen LogP contribution in [0.1, 0.15) is 46.0 Å². The molecule has 0 amide bonds. The third kappa shape index (κ3) is 8.34. The zero-order valence-corrected chi connectivity index (χ0v) is 21.5. The van der Waals surface area contributed by atoms with Gasteiger partial charge in [0.15, 0.2) is 0 Å². The monoisotopic (exact) mass is 484 g/mol. The summed E-state index contributed by atoms with van der Waals surface area (Å²) < 4.78 is 0. The zero-order chi connectivity index (χ0) is 17.5. The molecule has 0 radical (unpaired) electrons. The fraction of sp³-hybridized carbons (Fsp3) is 0.591. The van der Waals surface area contributed by atoms with Crippen molar-refractivity contribution in [1.29, 1.82) is 0 Å². The van der Waals surface area contributed by atoms with Crippen molar-refractivity contribution in [3.63, 3.8) is 0 Å². The van der Waals surface area contributed by atoms with Gasteiger partial charge in [-0.15, -0.1) is 25.3 Å². The molecule has 0 aromatic carbocycles. The van der Waals surface area contributed by atoms with Crippen LogP contribution < -0.4 is 24.8 Å². The maximum Gasteiger partial charge on any atom is -1.00 e. The van der Waals surface area contributed by atoms with Crippen LogP contribution in [0, 0.1) is 36.2 Å². The van der Waals surface area contributed by atoms with Gasteiger partial charge in [0, 0.05) is 0 Å². The molecule has 4 aliphatic rings. The summed E-state index contributed by atoms with van der Waals surface area (Å²) in [6.45, 7) is 8.83. The van der Waals surface area contributed by atoms with E-state index in [1.165, 1.54) is 36.8 Å². The largest absolute Gasteiger partial charge is 1.00 e. The van der Waals surface area contributed by atoms with E-state index in [9.17, 15) is 0 Å². The van der Waals surface area contributed by atoms with Crippen molar-refractivity contribution >= 4 is 5.43 Å². The molecule has 4 unspecified atom stereocenters. The maximum atomic E-state index is 3.19. The first kappa shape index (κ1) is 26.6. The van der Waals surface area contributed by atoms with Gasteiger partial charge in [0.05, 0.1) is 0 Å². The Morgan fingerprint density at radius 1 is 1.08 bits per heavy atom. The van der Waals surface area contributed by atoms with Crippen LogP contribution in [0.15, 0.2) is 41.5 Å². The maximum absolute atomic E-state index is 3.19. The second-order valence-corrected chi connectivity index (χ2v) is 17.0. The first-order valence-corrected chi connectivity index (χ1v) is 15.6. The zero-order valence-electron chi connectivity index (χ0n) is 16.6. The summed E-state index contributed by atoms with van der Waals surface area (Å²) in [4.78, 5) is 0. The van der Waals surface area contributed by atoms with Crippen LogP contribution in [0.3, 0.4) is 0 Å². The van der Waals surface area contributed by atoms with Crippen molar-refractivity contribution in [3.8, 4) is 0 Å². The standard InChI is InChI=1S/C13H17.C7H9.C2H6Si.2ClH.Zr/c1-3-7-12-10(5-1)9-11-6-2-4-8-13(11)12;1-6-4-3-5-7(6)2;1-3-2;;;/h1,3,5,7,9-13H,2,4,6,8H2;4H,3H2,1-2H3;1-2H3;2*1H;/q2*-1;;;;+2/p-2. The minimum Gasteiger partial charge on any atom is -1.00 e. The number of hydrogen-bond donors (Lipinski definition) is 0. The Morgan fingerprint density at radius 3 is 2.23 bits per heavy atom. The van der Waals surface area contributed by atoms with E-state index in [0.29, 0.717) is 0 Å². The molecule has 4 heteroatoms. The minimum absolute atomic E-state index is 0. The molecule has 0 aliphatic heterocycles. The van der Waals surface area contributed by atoms with E-state index in [2.05, 4.69) is 69.8 Å². The van der Waals surface area contributed by atoms with Gasteiger partial charge in [-0.2, -0.15) is 12.0 Å². The number of hydrogen-bond acceptors (Lipinski definition) is 0. The average molecular weight is 487 g/mol. The van der Waals surface area contributed by atoms with Gasteiger partial charge in [-0.25, -0.2) is 11.1 Å². The normalized spacial score (nSPS) is 29.9. The van der Waals surface area contributed by atoms with E-state index < -0.39 is 0 Å². The van der Waals surface area contributed by atoms with Crippen LogP contribution in [0.5, 0.6) is 0 Å². The van der Waals surface area contributed by atoms with Crippen LogP contribution in [0.25, 0.3) is 0 Å². The Balaban J connectivity index is 0.000000415. The van der Waals surface area contributed by atoms with Crippen molar-refractivity contribution in [2.24, 2.45) is 23.7 Å². The average Bonchev–Trinajstić information content (AvgIpc) is 3.11. The Kier molecular flexibility index (Phi) is 14.1. The fourth-order valence-corrected chi connectivity index (χ4v) is 4.10. The SMILES string of the molecule is C1=CC2[CH-]C3CCCCC3C2C=C1.CC1=[C-]CC=C1C.C[Si](C)=[Zr+2].[Cl-].[Cl-]. The van der Waals surface area contributed by atoms with Crippen molar-refractivity contribution in [3.05, 3.63) is 54.0 Å². The number of halogens is 2. The van der Waals surface area contributed by atoms with E-state index in [4.69, 9.17) is 0 Å². The molecule has 4 rings (SSSR count). The Morgan fingerprint density at radius 2 is 1.69 bits per heavy atom. The van der Waals surface area contributed by atoms with Gasteiger partial charge in [-0.3, -0.25) is 6.08 Å². The molecular weight excluding hydrogens is 454 g/mol. The molecule has 0 spiro atoms. The molecule has 0 bridgehead atoms. The molecule has 0 nitrogen and oxygen atoms in total. The van der Waals surface area contributed by atoms with E-state index in [-0.39, 0.29) is 30.2 Å². The van der Waals surface area contributed by atoms with Gasteiger partial charge in [-0.05, 0) is 5.92 Å². The van der Waals surface area contributed by atoms with Crippen molar-refractivity contribution in [2.75, 3.05) is 0 Å². The smallest absolute Gasteiger partial charge is 1.00 e. The molecule has 4 aliphatic carbocycles. The van der Waals surface area contributed by atoms with Crippen molar-refractivity contribution < 1.29 is 48.1 Å². The van der Waals surface area contributed by atoms with Crippen LogP contribution >= 0.6 is 0 Å². The van der Waals surface area contributed by atoms with Gasteiger partial charge in [-0.1, -0.05) is 56.8 Å². The summed E-state index contributed by atoms with van der Waals surface area (Å²) in [6.07, 6.45) is 24.2. The Hall–Kier alpha value is 0.640. The molecule has 0 N–H and O–H groups in total. The third-order valence-electron chi connectivity index (χ3n) is 5.43. The number of allylic oxidation sites excluding steroid dienone is 8. The van der Waals surface area contributed by atoms with Crippen molar-refractivity contribution in [1.82, 2.24) is 0 Å². The van der Waals surface area contributed by atoms with Gasteiger partial charge in [0.2, 0.25) is 0 Å². The summed E-state index contributed by atoms with van der Waals surface area (Å²) in [5, 5.41) is 0. The van der Waals surface area contributed by atoms with E-state index in [1.54, 1.807) is 23.3 Å². The fourth-order valence-electron chi connectivity index (χ4n) is 4.10. The molecule has 144 valence electrons. The molecule has 0 aromatic rings. The molecule has 0 aromatic heterocycles. The minimum atomic E-state index is 0. The summed E-state index contributed by atoms with van der Waals surface area (Å²) in [7, 11) is 0. The van der Waals surface area contributed by atoms with E-state index in [1.807, 2.05) is 0 Å². The molecular formula is C22H32Cl2SiZr-2. The topological polar surface area (TPSA) is 0 Å². The molecule has 0 heterocycles. The van der Waals surface area contributed by atoms with Crippen molar-refractivity contribution in [2.45, 2.75) is 59.0 Å². The van der Waals surface area contributed by atoms with Crippen LogP contribution in [-0.4, -0.2) is 5.43 Å². The summed E-state index contributed by atoms with van der Waals surface area (Å²) in [6, 6.07) is 0. The molecule has 0 saturated heterocycles. The summed E-state index contributed by atoms with van der Waals surface area (Å²) in [5.41, 5.74) is 2.92. The Bertz CT molecular complexity index is 542. The van der Waals surface area contributed by atoms with Gasteiger partial charge >= 0.3 is 41.9 Å². The van der Waals surface area contributed by atoms with E-state index >= 15 is 0 Å². The van der Waals surface area contributed by atoms with Gasteiger partial charge < -0.3 is 31.2 Å². The first-order chi connectivity index (χ1) is 11.5. The van der Waals surface area contributed by atoms with Gasteiger partial charge in [0.25, 0.3) is 0 Å². The molecule has 2 fully saturated rings. The third-order valence-corrected chi connectivity index (χ3v) is 5.43. The Labute approximate surface area is 189 Å². The van der Waals surface area contributed by atoms with Crippen LogP contribution in [0.4, 0.5) is 0 Å².